The van der Waals surface area contributed by atoms with Crippen LogP contribution in [-0.4, -0.2) is 0 Å². The zero-order valence-electron chi connectivity index (χ0n) is 8.48. The van der Waals surface area contributed by atoms with Gasteiger partial charge in [0.05, 0.1) is 0 Å². The molecule has 0 spiro atoms. The normalized spacial score (nSPS) is 12.8. The number of hydrogen-bond acceptors (Lipinski definition) is 1. The van der Waals surface area contributed by atoms with Crippen LogP contribution in [0.25, 0.3) is 12.2 Å². The Hall–Kier alpha value is -0.990. The average molecular weight is 289 g/mol. The molecule has 0 aliphatic carbocycles. The molecule has 0 aromatic heterocycles. The van der Waals surface area contributed by atoms with Gasteiger partial charge in [-0.05, 0) is 29.3 Å². The van der Waals surface area contributed by atoms with E-state index in [0.29, 0.717) is 0 Å². The molecule has 16 heavy (non-hydrogen) atoms. The molecule has 0 bridgehead atoms. The molecule has 0 unspecified atom stereocenters. The van der Waals surface area contributed by atoms with Crippen molar-refractivity contribution >= 4 is 39.8 Å². The molecule has 0 saturated heterocycles. The molecular weight excluding hydrogens is 280 g/mol. The molecule has 1 aliphatic heterocycles. The summed E-state index contributed by atoms with van der Waals surface area (Å²) in [5.74, 6) is 0. The Morgan fingerprint density at radius 1 is 0.812 bits per heavy atom. The van der Waals surface area contributed by atoms with Crippen molar-refractivity contribution in [1.29, 1.82) is 0 Å². The van der Waals surface area contributed by atoms with Crippen LogP contribution in [0.1, 0.15) is 11.1 Å². The smallest absolute Gasteiger partial charge is 0.0206 e. The molecule has 3 rings (SSSR count). The topological polar surface area (TPSA) is 0 Å². The summed E-state index contributed by atoms with van der Waals surface area (Å²) in [4.78, 5) is 2.62. The van der Waals surface area contributed by atoms with Crippen molar-refractivity contribution in [3.8, 4) is 0 Å². The molecular formula is C14H9BrS. The summed E-state index contributed by atoms with van der Waals surface area (Å²) in [5.41, 5.74) is 2.57. The van der Waals surface area contributed by atoms with Crippen LogP contribution in [0.5, 0.6) is 0 Å². The Balaban J connectivity index is 2.18. The van der Waals surface area contributed by atoms with E-state index in [9.17, 15) is 0 Å². The molecule has 0 atom stereocenters. The largest absolute Gasteiger partial charge is 0.0888 e. The summed E-state index contributed by atoms with van der Waals surface area (Å²) in [6, 6.07) is 14.9. The number of halogens is 1. The minimum Gasteiger partial charge on any atom is -0.0888 e. The fourth-order valence-electron chi connectivity index (χ4n) is 1.74. The van der Waals surface area contributed by atoms with Gasteiger partial charge in [-0.15, -0.1) is 0 Å². The maximum atomic E-state index is 3.52. The highest BCUT2D eigenvalue weighted by Crippen LogP contribution is 2.38. The Bertz CT molecular complexity index is 573. The first-order valence-corrected chi connectivity index (χ1v) is 6.68. The van der Waals surface area contributed by atoms with Crippen molar-refractivity contribution < 1.29 is 0 Å². The minimum atomic E-state index is 1.13. The van der Waals surface area contributed by atoms with Crippen molar-refractivity contribution in [1.82, 2.24) is 0 Å². The molecule has 0 radical (unpaired) electrons. The van der Waals surface area contributed by atoms with Crippen molar-refractivity contribution in [3.63, 3.8) is 0 Å². The van der Waals surface area contributed by atoms with Gasteiger partial charge in [0.15, 0.2) is 0 Å². The Morgan fingerprint density at radius 2 is 1.56 bits per heavy atom. The summed E-state index contributed by atoms with van der Waals surface area (Å²) >= 11 is 5.34. The van der Waals surface area contributed by atoms with Gasteiger partial charge in [-0.2, -0.15) is 0 Å². The summed E-state index contributed by atoms with van der Waals surface area (Å²) in [6.45, 7) is 0. The lowest BCUT2D eigenvalue weighted by atomic mass is 10.1. The van der Waals surface area contributed by atoms with Crippen LogP contribution in [-0.2, 0) is 0 Å². The number of hydrogen-bond donors (Lipinski definition) is 0. The lowest BCUT2D eigenvalue weighted by molar-refractivity contribution is 1.37. The van der Waals surface area contributed by atoms with Crippen molar-refractivity contribution in [2.75, 3.05) is 0 Å². The zero-order chi connectivity index (χ0) is 11.0. The van der Waals surface area contributed by atoms with Gasteiger partial charge in [-0.25, -0.2) is 0 Å². The first kappa shape index (κ1) is 10.2. The first-order valence-electron chi connectivity index (χ1n) is 5.07. The predicted molar refractivity (Wildman–Crippen MR) is 73.6 cm³/mol. The monoisotopic (exact) mass is 288 g/mol. The molecule has 2 aromatic carbocycles. The van der Waals surface area contributed by atoms with Crippen LogP contribution in [0.15, 0.2) is 56.7 Å². The van der Waals surface area contributed by atoms with Gasteiger partial charge in [-0.1, -0.05) is 64.1 Å². The molecule has 0 N–H and O–H groups in total. The van der Waals surface area contributed by atoms with Gasteiger partial charge in [0, 0.05) is 14.3 Å². The highest BCUT2D eigenvalue weighted by Gasteiger charge is 2.09. The van der Waals surface area contributed by atoms with Crippen molar-refractivity contribution in [3.05, 3.63) is 58.1 Å². The van der Waals surface area contributed by atoms with Gasteiger partial charge in [0.2, 0.25) is 0 Å². The van der Waals surface area contributed by atoms with E-state index in [0.717, 1.165) is 4.47 Å². The lowest BCUT2D eigenvalue weighted by Crippen LogP contribution is -1.79. The summed E-state index contributed by atoms with van der Waals surface area (Å²) in [7, 11) is 0. The highest BCUT2D eigenvalue weighted by atomic mass is 79.9. The molecule has 0 saturated carbocycles. The SMILES string of the molecule is Brc1ccc2c(c1)Sc1ccccc1C=C2. The van der Waals surface area contributed by atoms with E-state index in [1.165, 1.54) is 20.9 Å². The summed E-state index contributed by atoms with van der Waals surface area (Å²) in [6.07, 6.45) is 4.36. The van der Waals surface area contributed by atoms with Crippen LogP contribution in [0.3, 0.4) is 0 Å². The summed E-state index contributed by atoms with van der Waals surface area (Å²) in [5, 5.41) is 0. The van der Waals surface area contributed by atoms with E-state index < -0.39 is 0 Å². The molecule has 0 amide bonds. The second-order valence-electron chi connectivity index (χ2n) is 3.66. The fourth-order valence-corrected chi connectivity index (χ4v) is 3.33. The van der Waals surface area contributed by atoms with E-state index in [1.807, 2.05) is 11.8 Å². The Labute approximate surface area is 108 Å². The van der Waals surface area contributed by atoms with Crippen molar-refractivity contribution in [2.45, 2.75) is 9.79 Å². The molecule has 78 valence electrons. The van der Waals surface area contributed by atoms with Gasteiger partial charge in [0.1, 0.15) is 0 Å². The maximum Gasteiger partial charge on any atom is 0.0206 e. The average Bonchev–Trinajstić information content (AvgIpc) is 2.47. The molecule has 0 nitrogen and oxygen atoms in total. The second-order valence-corrected chi connectivity index (χ2v) is 5.65. The zero-order valence-corrected chi connectivity index (χ0v) is 10.9. The van der Waals surface area contributed by atoms with E-state index in [1.54, 1.807) is 0 Å². The molecule has 1 heterocycles. The molecule has 2 aromatic rings. The summed E-state index contributed by atoms with van der Waals surface area (Å²) < 4.78 is 1.13. The molecule has 0 fully saturated rings. The first-order chi connectivity index (χ1) is 7.83. The third-order valence-corrected chi connectivity index (χ3v) is 4.22. The van der Waals surface area contributed by atoms with Gasteiger partial charge in [-0.3, -0.25) is 0 Å². The number of rotatable bonds is 0. The van der Waals surface area contributed by atoms with E-state index in [2.05, 4.69) is 70.5 Å². The van der Waals surface area contributed by atoms with Crippen molar-refractivity contribution in [2.24, 2.45) is 0 Å². The minimum absolute atomic E-state index is 1.13. The fraction of sp³-hybridized carbons (Fsp3) is 0. The van der Waals surface area contributed by atoms with Crippen LogP contribution in [0.2, 0.25) is 0 Å². The Kier molecular flexibility index (Phi) is 2.62. The van der Waals surface area contributed by atoms with Crippen LogP contribution < -0.4 is 0 Å². The van der Waals surface area contributed by atoms with E-state index in [-0.39, 0.29) is 0 Å². The number of fused-ring (bicyclic) bond motifs is 2. The Morgan fingerprint density at radius 3 is 2.44 bits per heavy atom. The molecule has 1 aliphatic rings. The van der Waals surface area contributed by atoms with Crippen LogP contribution in [0.4, 0.5) is 0 Å². The third-order valence-electron chi connectivity index (χ3n) is 2.56. The highest BCUT2D eigenvalue weighted by molar-refractivity contribution is 9.10. The predicted octanol–water partition coefficient (Wildman–Crippen LogP) is 5.08. The number of benzene rings is 2. The third kappa shape index (κ3) is 1.83. The quantitative estimate of drug-likeness (QED) is 0.556. The van der Waals surface area contributed by atoms with Gasteiger partial charge in [0.25, 0.3) is 0 Å². The van der Waals surface area contributed by atoms with Crippen LogP contribution in [0, 0.1) is 0 Å². The van der Waals surface area contributed by atoms with Gasteiger partial charge < -0.3 is 0 Å². The maximum absolute atomic E-state index is 3.52. The standard InChI is InChI=1S/C14H9BrS/c15-12-8-7-11-6-5-10-3-1-2-4-13(10)16-14(11)9-12/h1-9H. The van der Waals surface area contributed by atoms with Crippen LogP contribution >= 0.6 is 27.7 Å². The van der Waals surface area contributed by atoms with E-state index in [4.69, 9.17) is 0 Å². The molecule has 2 heteroatoms. The lowest BCUT2D eigenvalue weighted by Gasteiger charge is -2.05. The van der Waals surface area contributed by atoms with E-state index >= 15 is 0 Å². The van der Waals surface area contributed by atoms with Gasteiger partial charge >= 0.3 is 0 Å². The second kappa shape index (κ2) is 4.11.